The molecule has 27 heavy (non-hydrogen) atoms. The lowest BCUT2D eigenvalue weighted by Gasteiger charge is -2.45. The number of nitrogens with one attached hydrogen (secondary N) is 1. The van der Waals surface area contributed by atoms with Gasteiger partial charge in [-0.15, -0.1) is 0 Å². The van der Waals surface area contributed by atoms with Crippen molar-refractivity contribution in [2.45, 2.75) is 31.3 Å². The van der Waals surface area contributed by atoms with E-state index in [1.54, 1.807) is 16.7 Å². The first-order chi connectivity index (χ1) is 13.1. The van der Waals surface area contributed by atoms with Crippen molar-refractivity contribution in [3.8, 4) is 0 Å². The summed E-state index contributed by atoms with van der Waals surface area (Å²) in [4.78, 5) is 19.1. The van der Waals surface area contributed by atoms with Gasteiger partial charge < -0.3 is 14.6 Å². The molecule has 6 heteroatoms. The molecule has 1 fully saturated rings. The fourth-order valence-electron chi connectivity index (χ4n) is 4.33. The highest BCUT2D eigenvalue weighted by Gasteiger charge is 2.38. The normalized spacial score (nSPS) is 18.6. The Kier molecular flexibility index (Phi) is 3.75. The number of likely N-dealkylation sites (tertiary alicyclic amines) is 1. The molecule has 0 unspecified atom stereocenters. The van der Waals surface area contributed by atoms with Crippen LogP contribution in [0.3, 0.4) is 0 Å². The number of amides is 1. The number of imidazole rings is 1. The molecule has 1 amide bonds. The Balaban J connectivity index is 1.30. The minimum atomic E-state index is -0.345. The summed E-state index contributed by atoms with van der Waals surface area (Å²) in [6, 6.07) is 11.5. The fourth-order valence-corrected chi connectivity index (χ4v) is 4.33. The maximum Gasteiger partial charge on any atom is 0.274 e. The third-order valence-electron chi connectivity index (χ3n) is 5.94. The van der Waals surface area contributed by atoms with Gasteiger partial charge in [-0.2, -0.15) is 0 Å². The van der Waals surface area contributed by atoms with Crippen molar-refractivity contribution in [1.29, 1.82) is 0 Å². The van der Waals surface area contributed by atoms with Crippen LogP contribution in [-0.4, -0.2) is 38.8 Å². The third-order valence-corrected chi connectivity index (χ3v) is 5.94. The lowest BCUT2D eigenvalue weighted by Crippen LogP contribution is -2.57. The van der Waals surface area contributed by atoms with Crippen molar-refractivity contribution in [2.24, 2.45) is 0 Å². The number of halogens is 1. The first kappa shape index (κ1) is 16.4. The predicted octanol–water partition coefficient (Wildman–Crippen LogP) is 2.79. The number of hydrogen-bond donors (Lipinski definition) is 1. The number of nitrogens with zero attached hydrogens (tertiary/aromatic N) is 3. The van der Waals surface area contributed by atoms with E-state index in [2.05, 4.69) is 34.6 Å². The lowest BCUT2D eigenvalue weighted by molar-refractivity contribution is 0.0626. The predicted molar refractivity (Wildman–Crippen MR) is 100 cm³/mol. The molecular weight excluding hydrogens is 343 g/mol. The van der Waals surface area contributed by atoms with Gasteiger partial charge in [0.15, 0.2) is 0 Å². The van der Waals surface area contributed by atoms with Crippen LogP contribution in [0.2, 0.25) is 0 Å². The number of hydrogen-bond acceptors (Lipinski definition) is 3. The zero-order chi connectivity index (χ0) is 18.4. The van der Waals surface area contributed by atoms with Gasteiger partial charge in [0.1, 0.15) is 17.2 Å². The number of carbonyl (C=O) groups excluding carboxylic acids is 1. The van der Waals surface area contributed by atoms with E-state index >= 15 is 0 Å². The van der Waals surface area contributed by atoms with Crippen LogP contribution >= 0.6 is 0 Å². The van der Waals surface area contributed by atoms with E-state index in [0.717, 1.165) is 25.8 Å². The number of fused-ring (bicyclic) bond motifs is 2. The molecule has 2 aromatic heterocycles. The topological polar surface area (TPSA) is 49.6 Å². The molecule has 1 N–H and O–H groups in total. The molecule has 2 aliphatic heterocycles. The van der Waals surface area contributed by atoms with Crippen molar-refractivity contribution >= 4 is 11.6 Å². The molecule has 5 rings (SSSR count). The number of benzene rings is 1. The molecule has 0 aliphatic carbocycles. The Hall–Kier alpha value is -2.73. The van der Waals surface area contributed by atoms with Crippen LogP contribution in [0.1, 0.15) is 34.5 Å². The van der Waals surface area contributed by atoms with E-state index in [4.69, 9.17) is 0 Å². The molecule has 1 aromatic carbocycles. The molecule has 3 aromatic rings. The van der Waals surface area contributed by atoms with Gasteiger partial charge in [0.2, 0.25) is 0 Å². The maximum atomic E-state index is 13.4. The molecule has 0 saturated carbocycles. The van der Waals surface area contributed by atoms with Gasteiger partial charge in [0, 0.05) is 37.6 Å². The first-order valence-electron chi connectivity index (χ1n) is 9.37. The number of piperidine rings is 1. The van der Waals surface area contributed by atoms with Gasteiger partial charge in [0.05, 0.1) is 0 Å². The van der Waals surface area contributed by atoms with Crippen molar-refractivity contribution in [3.63, 3.8) is 0 Å². The van der Waals surface area contributed by atoms with E-state index in [1.807, 2.05) is 4.90 Å². The maximum absolute atomic E-state index is 13.4. The van der Waals surface area contributed by atoms with E-state index in [0.29, 0.717) is 24.4 Å². The standard InChI is InChI=1S/C21H21FN4O/c22-17-5-6-19-24-18(14-26(19)13-17)20(27)25-9-7-21(8-10-25)11-15-3-1-2-4-16(15)12-23-21/h1-6,13-14,23H,7-12H2. The molecule has 1 saturated heterocycles. The lowest BCUT2D eigenvalue weighted by atomic mass is 9.78. The van der Waals surface area contributed by atoms with E-state index in [1.165, 1.54) is 23.4 Å². The van der Waals surface area contributed by atoms with Gasteiger partial charge in [0.25, 0.3) is 5.91 Å². The highest BCUT2D eigenvalue weighted by atomic mass is 19.1. The van der Waals surface area contributed by atoms with Gasteiger partial charge in [-0.3, -0.25) is 4.79 Å². The molecule has 2 aliphatic rings. The minimum Gasteiger partial charge on any atom is -0.337 e. The summed E-state index contributed by atoms with van der Waals surface area (Å²) >= 11 is 0. The summed E-state index contributed by atoms with van der Waals surface area (Å²) in [6.45, 7) is 2.30. The largest absolute Gasteiger partial charge is 0.337 e. The second kappa shape index (κ2) is 6.16. The van der Waals surface area contributed by atoms with Crippen molar-refractivity contribution in [2.75, 3.05) is 13.1 Å². The van der Waals surface area contributed by atoms with Crippen LogP contribution in [0.4, 0.5) is 4.39 Å². The van der Waals surface area contributed by atoms with E-state index in [9.17, 15) is 9.18 Å². The summed E-state index contributed by atoms with van der Waals surface area (Å²) in [5.74, 6) is -0.423. The van der Waals surface area contributed by atoms with Crippen LogP contribution in [0.5, 0.6) is 0 Å². The molecule has 5 nitrogen and oxygen atoms in total. The number of carbonyl (C=O) groups is 1. The zero-order valence-corrected chi connectivity index (χ0v) is 15.0. The number of aromatic nitrogens is 2. The van der Waals surface area contributed by atoms with Crippen LogP contribution in [-0.2, 0) is 13.0 Å². The second-order valence-corrected chi connectivity index (χ2v) is 7.61. The Morgan fingerprint density at radius 1 is 1.07 bits per heavy atom. The molecular formula is C21H21FN4O. The highest BCUT2D eigenvalue weighted by molar-refractivity contribution is 5.93. The summed E-state index contributed by atoms with van der Waals surface area (Å²) in [5, 5.41) is 3.72. The molecule has 1 spiro atoms. The van der Waals surface area contributed by atoms with Gasteiger partial charge in [-0.1, -0.05) is 24.3 Å². The number of rotatable bonds is 1. The molecule has 138 valence electrons. The Morgan fingerprint density at radius 3 is 2.67 bits per heavy atom. The Bertz CT molecular complexity index is 1020. The van der Waals surface area contributed by atoms with Crippen LogP contribution in [0.25, 0.3) is 5.65 Å². The average Bonchev–Trinajstić information content (AvgIpc) is 3.11. The number of pyridine rings is 1. The van der Waals surface area contributed by atoms with Crippen LogP contribution < -0.4 is 5.32 Å². The van der Waals surface area contributed by atoms with Gasteiger partial charge in [-0.25, -0.2) is 9.37 Å². The van der Waals surface area contributed by atoms with E-state index in [-0.39, 0.29) is 17.3 Å². The first-order valence-corrected chi connectivity index (χ1v) is 9.37. The molecule has 4 heterocycles. The third kappa shape index (κ3) is 2.90. The monoisotopic (exact) mass is 364 g/mol. The summed E-state index contributed by atoms with van der Waals surface area (Å²) in [7, 11) is 0. The Morgan fingerprint density at radius 2 is 1.85 bits per heavy atom. The summed E-state index contributed by atoms with van der Waals surface area (Å²) < 4.78 is 14.9. The minimum absolute atomic E-state index is 0.0766. The highest BCUT2D eigenvalue weighted by Crippen LogP contribution is 2.32. The average molecular weight is 364 g/mol. The molecule has 0 atom stereocenters. The second-order valence-electron chi connectivity index (χ2n) is 7.61. The van der Waals surface area contributed by atoms with Crippen LogP contribution in [0.15, 0.2) is 48.8 Å². The zero-order valence-electron chi connectivity index (χ0n) is 15.0. The van der Waals surface area contributed by atoms with E-state index < -0.39 is 0 Å². The molecule has 0 radical (unpaired) electrons. The van der Waals surface area contributed by atoms with Crippen molar-refractivity contribution in [1.82, 2.24) is 19.6 Å². The molecule has 0 bridgehead atoms. The SMILES string of the molecule is O=C(c1cn2cc(F)ccc2n1)N1CCC2(CC1)Cc1ccccc1CN2. The smallest absolute Gasteiger partial charge is 0.274 e. The summed E-state index contributed by atoms with van der Waals surface area (Å²) in [5.41, 5.74) is 3.82. The summed E-state index contributed by atoms with van der Waals surface area (Å²) in [6.07, 6.45) is 5.82. The fraction of sp³-hybridized carbons (Fsp3) is 0.333. The van der Waals surface area contributed by atoms with Crippen molar-refractivity contribution in [3.05, 3.63) is 71.4 Å². The van der Waals surface area contributed by atoms with Gasteiger partial charge in [-0.05, 0) is 42.5 Å². The quantitative estimate of drug-likeness (QED) is 0.722. The Labute approximate surface area is 156 Å². The van der Waals surface area contributed by atoms with Crippen LogP contribution in [0, 0.1) is 5.82 Å². The van der Waals surface area contributed by atoms with Crippen molar-refractivity contribution < 1.29 is 9.18 Å². The van der Waals surface area contributed by atoms with Gasteiger partial charge >= 0.3 is 0 Å².